The molecule has 0 heterocycles. The van der Waals surface area contributed by atoms with Crippen molar-refractivity contribution >= 4 is 5.69 Å². The minimum atomic E-state index is -0.761. The Kier molecular flexibility index (Phi) is 4.45. The van der Waals surface area contributed by atoms with E-state index >= 15 is 0 Å². The van der Waals surface area contributed by atoms with E-state index in [0.29, 0.717) is 12.0 Å². The summed E-state index contributed by atoms with van der Waals surface area (Å²) in [5.41, 5.74) is 2.24. The van der Waals surface area contributed by atoms with Crippen molar-refractivity contribution in [1.29, 1.82) is 0 Å². The van der Waals surface area contributed by atoms with E-state index in [9.17, 15) is 20.3 Å². The molecule has 2 aromatic rings. The van der Waals surface area contributed by atoms with Crippen LogP contribution in [0.4, 0.5) is 5.69 Å². The van der Waals surface area contributed by atoms with E-state index in [4.69, 9.17) is 0 Å². The summed E-state index contributed by atoms with van der Waals surface area (Å²) in [4.78, 5) is 10.1. The van der Waals surface area contributed by atoms with Crippen LogP contribution in [0.1, 0.15) is 22.8 Å². The van der Waals surface area contributed by atoms with E-state index in [1.807, 2.05) is 18.2 Å². The second kappa shape index (κ2) is 6.27. The van der Waals surface area contributed by atoms with Crippen molar-refractivity contribution < 1.29 is 15.1 Å². The van der Waals surface area contributed by atoms with Crippen molar-refractivity contribution in [3.63, 3.8) is 0 Å². The average Bonchev–Trinajstić information content (AvgIpc) is 2.48. The molecule has 0 aliphatic heterocycles. The number of nitro benzene ring substituents is 1. The first-order valence-electron chi connectivity index (χ1n) is 6.22. The molecular formula is C15H15NO4. The van der Waals surface area contributed by atoms with E-state index in [0.717, 1.165) is 11.1 Å². The monoisotopic (exact) mass is 273 g/mol. The summed E-state index contributed by atoms with van der Waals surface area (Å²) in [6.45, 7) is -0.0802. The van der Waals surface area contributed by atoms with Gasteiger partial charge in [0.2, 0.25) is 0 Å². The molecule has 0 saturated heterocycles. The van der Waals surface area contributed by atoms with Gasteiger partial charge in [-0.3, -0.25) is 10.1 Å². The lowest BCUT2D eigenvalue weighted by Gasteiger charge is -2.13. The Morgan fingerprint density at radius 1 is 1.05 bits per heavy atom. The number of nitro groups is 1. The Hall–Kier alpha value is -2.24. The van der Waals surface area contributed by atoms with Gasteiger partial charge in [-0.1, -0.05) is 24.3 Å². The number of nitrogens with zero attached hydrogens (tertiary/aromatic N) is 1. The first-order valence-corrected chi connectivity index (χ1v) is 6.22. The van der Waals surface area contributed by atoms with Crippen LogP contribution in [0.5, 0.6) is 0 Å². The summed E-state index contributed by atoms with van der Waals surface area (Å²) in [6, 6.07) is 13.2. The fraction of sp³-hybridized carbons (Fsp3) is 0.200. The van der Waals surface area contributed by atoms with Crippen LogP contribution in [-0.4, -0.2) is 15.1 Å². The highest BCUT2D eigenvalue weighted by Gasteiger charge is 2.12. The first kappa shape index (κ1) is 14.2. The third kappa shape index (κ3) is 3.20. The first-order chi connectivity index (χ1) is 9.61. The number of aliphatic hydroxyl groups excluding tert-OH is 2. The molecule has 2 aromatic carbocycles. The maximum absolute atomic E-state index is 10.6. The molecule has 0 aliphatic rings. The molecule has 5 heteroatoms. The van der Waals surface area contributed by atoms with Crippen LogP contribution in [0.25, 0.3) is 0 Å². The molecule has 0 spiro atoms. The fourth-order valence-corrected chi connectivity index (χ4v) is 2.06. The van der Waals surface area contributed by atoms with Crippen LogP contribution in [0, 0.1) is 10.1 Å². The van der Waals surface area contributed by atoms with Crippen molar-refractivity contribution in [3.05, 3.63) is 75.3 Å². The van der Waals surface area contributed by atoms with Crippen LogP contribution >= 0.6 is 0 Å². The Balaban J connectivity index is 2.15. The molecule has 0 aliphatic carbocycles. The minimum Gasteiger partial charge on any atom is -0.392 e. The predicted octanol–water partition coefficient (Wildman–Crippen LogP) is 2.36. The molecule has 104 valence electrons. The number of aliphatic hydroxyl groups is 2. The molecular weight excluding hydrogens is 258 g/mol. The van der Waals surface area contributed by atoms with Crippen LogP contribution in [0.2, 0.25) is 0 Å². The quantitative estimate of drug-likeness (QED) is 0.647. The normalized spacial score (nSPS) is 12.1. The average molecular weight is 273 g/mol. The highest BCUT2D eigenvalue weighted by Crippen LogP contribution is 2.22. The Morgan fingerprint density at radius 2 is 1.65 bits per heavy atom. The lowest BCUT2D eigenvalue weighted by molar-refractivity contribution is -0.384. The molecule has 0 fully saturated rings. The number of hydrogen-bond acceptors (Lipinski definition) is 4. The smallest absolute Gasteiger partial charge is 0.269 e. The molecule has 0 radical (unpaired) electrons. The SMILES string of the molecule is O=[N+]([O-])c1ccc(C(O)Cc2ccccc2CO)cc1. The maximum Gasteiger partial charge on any atom is 0.269 e. The van der Waals surface area contributed by atoms with E-state index in [2.05, 4.69) is 0 Å². The van der Waals surface area contributed by atoms with Gasteiger partial charge in [-0.05, 0) is 28.8 Å². The zero-order valence-corrected chi connectivity index (χ0v) is 10.8. The van der Waals surface area contributed by atoms with Gasteiger partial charge in [-0.25, -0.2) is 0 Å². The van der Waals surface area contributed by atoms with Crippen molar-refractivity contribution in [2.75, 3.05) is 0 Å². The maximum atomic E-state index is 10.6. The number of non-ortho nitro benzene ring substituents is 1. The van der Waals surface area contributed by atoms with Crippen molar-refractivity contribution in [1.82, 2.24) is 0 Å². The molecule has 0 bridgehead atoms. The predicted molar refractivity (Wildman–Crippen MR) is 74.1 cm³/mol. The Bertz CT molecular complexity index is 595. The van der Waals surface area contributed by atoms with Gasteiger partial charge in [0, 0.05) is 18.6 Å². The van der Waals surface area contributed by atoms with Crippen LogP contribution in [-0.2, 0) is 13.0 Å². The molecule has 20 heavy (non-hydrogen) atoms. The molecule has 2 rings (SSSR count). The number of hydrogen-bond donors (Lipinski definition) is 2. The molecule has 2 N–H and O–H groups in total. The number of benzene rings is 2. The topological polar surface area (TPSA) is 83.6 Å². The van der Waals surface area contributed by atoms with Gasteiger partial charge < -0.3 is 10.2 Å². The third-order valence-electron chi connectivity index (χ3n) is 3.19. The molecule has 0 amide bonds. The Morgan fingerprint density at radius 3 is 2.20 bits per heavy atom. The van der Waals surface area contributed by atoms with Crippen LogP contribution in [0.15, 0.2) is 48.5 Å². The van der Waals surface area contributed by atoms with Crippen molar-refractivity contribution in [2.24, 2.45) is 0 Å². The minimum absolute atomic E-state index is 0.00305. The standard InChI is InChI=1S/C15H15NO4/c17-10-13-4-2-1-3-12(13)9-15(18)11-5-7-14(8-6-11)16(19)20/h1-8,15,17-18H,9-10H2. The van der Waals surface area contributed by atoms with E-state index in [1.54, 1.807) is 18.2 Å². The van der Waals surface area contributed by atoms with Gasteiger partial charge in [0.05, 0.1) is 17.6 Å². The van der Waals surface area contributed by atoms with Crippen LogP contribution < -0.4 is 0 Å². The van der Waals surface area contributed by atoms with E-state index < -0.39 is 11.0 Å². The summed E-state index contributed by atoms with van der Waals surface area (Å²) in [7, 11) is 0. The third-order valence-corrected chi connectivity index (χ3v) is 3.19. The van der Waals surface area contributed by atoms with Crippen molar-refractivity contribution in [3.8, 4) is 0 Å². The zero-order valence-electron chi connectivity index (χ0n) is 10.8. The van der Waals surface area contributed by atoms with Gasteiger partial charge in [0.25, 0.3) is 5.69 Å². The lowest BCUT2D eigenvalue weighted by atomic mass is 9.98. The number of rotatable bonds is 5. The zero-order chi connectivity index (χ0) is 14.5. The van der Waals surface area contributed by atoms with Gasteiger partial charge in [0.1, 0.15) is 0 Å². The summed E-state index contributed by atoms with van der Waals surface area (Å²) in [6.07, 6.45) is -0.405. The highest BCUT2D eigenvalue weighted by molar-refractivity contribution is 5.35. The summed E-state index contributed by atoms with van der Waals surface area (Å²) < 4.78 is 0. The van der Waals surface area contributed by atoms with Gasteiger partial charge >= 0.3 is 0 Å². The Labute approximate surface area is 116 Å². The lowest BCUT2D eigenvalue weighted by Crippen LogP contribution is -2.04. The van der Waals surface area contributed by atoms with E-state index in [-0.39, 0.29) is 12.3 Å². The van der Waals surface area contributed by atoms with Gasteiger partial charge in [-0.15, -0.1) is 0 Å². The summed E-state index contributed by atoms with van der Waals surface area (Å²) >= 11 is 0. The summed E-state index contributed by atoms with van der Waals surface area (Å²) in [5, 5.41) is 30.0. The molecule has 1 atom stereocenters. The largest absolute Gasteiger partial charge is 0.392 e. The molecule has 0 aromatic heterocycles. The van der Waals surface area contributed by atoms with Gasteiger partial charge in [-0.2, -0.15) is 0 Å². The van der Waals surface area contributed by atoms with Gasteiger partial charge in [0.15, 0.2) is 0 Å². The molecule has 0 saturated carbocycles. The second-order valence-electron chi connectivity index (χ2n) is 4.50. The van der Waals surface area contributed by atoms with E-state index in [1.165, 1.54) is 12.1 Å². The fourth-order valence-electron chi connectivity index (χ4n) is 2.06. The molecule has 1 unspecified atom stereocenters. The molecule has 5 nitrogen and oxygen atoms in total. The summed E-state index contributed by atoms with van der Waals surface area (Å²) in [5.74, 6) is 0. The van der Waals surface area contributed by atoms with Crippen LogP contribution in [0.3, 0.4) is 0 Å². The second-order valence-corrected chi connectivity index (χ2v) is 4.50. The van der Waals surface area contributed by atoms with Crippen molar-refractivity contribution in [2.45, 2.75) is 19.1 Å². The highest BCUT2D eigenvalue weighted by atomic mass is 16.6.